The van der Waals surface area contributed by atoms with Gasteiger partial charge in [0.2, 0.25) is 5.91 Å². The molecule has 37 heavy (non-hydrogen) atoms. The molecule has 8 nitrogen and oxygen atoms in total. The highest BCUT2D eigenvalue weighted by Gasteiger charge is 2.30. The molecule has 8 heteroatoms. The van der Waals surface area contributed by atoms with Crippen molar-refractivity contribution >= 4 is 22.7 Å². The lowest BCUT2D eigenvalue weighted by Gasteiger charge is -2.42. The smallest absolute Gasteiger partial charge is 0.269 e. The number of aromatic nitrogens is 3. The Labute approximate surface area is 219 Å². The fraction of sp³-hybridized carbons (Fsp3) is 0.552. The fourth-order valence-corrected chi connectivity index (χ4v) is 5.96. The van der Waals surface area contributed by atoms with Gasteiger partial charge in [-0.3, -0.25) is 14.3 Å². The van der Waals surface area contributed by atoms with Gasteiger partial charge in [0.05, 0.1) is 12.1 Å². The lowest BCUT2D eigenvalue weighted by molar-refractivity contribution is -0.132. The first kappa shape index (κ1) is 25.5. The second-order valence-corrected chi connectivity index (χ2v) is 11.2. The zero-order chi connectivity index (χ0) is 25.9. The second-order valence-electron chi connectivity index (χ2n) is 11.2. The number of likely N-dealkylation sites (tertiary alicyclic amines) is 2. The summed E-state index contributed by atoms with van der Waals surface area (Å²) in [7, 11) is 1.85. The van der Waals surface area contributed by atoms with Crippen LogP contribution in [0.2, 0.25) is 0 Å². The second kappa shape index (κ2) is 11.1. The first-order valence-electron chi connectivity index (χ1n) is 13.8. The average molecular weight is 505 g/mol. The summed E-state index contributed by atoms with van der Waals surface area (Å²) < 4.78 is 1.70. The highest BCUT2D eigenvalue weighted by atomic mass is 16.2. The van der Waals surface area contributed by atoms with Gasteiger partial charge in [0.1, 0.15) is 5.69 Å². The Morgan fingerprint density at radius 1 is 1.08 bits per heavy atom. The number of hydrogen-bond acceptors (Lipinski definition) is 4. The van der Waals surface area contributed by atoms with Crippen molar-refractivity contribution in [1.29, 1.82) is 0 Å². The van der Waals surface area contributed by atoms with Crippen LogP contribution in [-0.4, -0.2) is 74.6 Å². The predicted octanol–water partition coefficient (Wildman–Crippen LogP) is 3.53. The van der Waals surface area contributed by atoms with Crippen molar-refractivity contribution in [3.05, 3.63) is 53.5 Å². The molecule has 198 valence electrons. The number of aryl methyl sites for hydroxylation is 1. The van der Waals surface area contributed by atoms with E-state index in [9.17, 15) is 9.59 Å². The van der Waals surface area contributed by atoms with Gasteiger partial charge >= 0.3 is 0 Å². The summed E-state index contributed by atoms with van der Waals surface area (Å²) >= 11 is 0. The van der Waals surface area contributed by atoms with Crippen molar-refractivity contribution in [2.45, 2.75) is 64.5 Å². The van der Waals surface area contributed by atoms with Crippen LogP contribution in [0.25, 0.3) is 10.9 Å². The van der Waals surface area contributed by atoms with Gasteiger partial charge in [-0.1, -0.05) is 32.0 Å². The van der Waals surface area contributed by atoms with Crippen LogP contribution >= 0.6 is 0 Å². The molecule has 2 aromatic heterocycles. The molecular formula is C29H40N6O2. The molecule has 0 radical (unpaired) electrons. The van der Waals surface area contributed by atoms with E-state index in [-0.39, 0.29) is 17.9 Å². The molecule has 1 aromatic carbocycles. The molecule has 2 amide bonds. The molecule has 2 fully saturated rings. The van der Waals surface area contributed by atoms with E-state index in [1.165, 1.54) is 0 Å². The molecule has 0 unspecified atom stereocenters. The Balaban J connectivity index is 1.06. The topological polar surface area (TPSA) is 86.3 Å². The highest BCUT2D eigenvalue weighted by molar-refractivity contribution is 5.93. The number of piperidine rings is 2. The van der Waals surface area contributed by atoms with Gasteiger partial charge in [-0.2, -0.15) is 5.10 Å². The molecule has 0 atom stereocenters. The first-order valence-corrected chi connectivity index (χ1v) is 13.8. The summed E-state index contributed by atoms with van der Waals surface area (Å²) in [6.07, 6.45) is 7.26. The Hall–Kier alpha value is -3.13. The van der Waals surface area contributed by atoms with Crippen LogP contribution in [0.4, 0.5) is 0 Å². The molecule has 2 saturated heterocycles. The summed E-state index contributed by atoms with van der Waals surface area (Å²) in [4.78, 5) is 33.7. The molecule has 0 bridgehead atoms. The monoisotopic (exact) mass is 504 g/mol. The van der Waals surface area contributed by atoms with E-state index in [0.29, 0.717) is 24.1 Å². The maximum atomic E-state index is 13.0. The Morgan fingerprint density at radius 2 is 1.81 bits per heavy atom. The summed E-state index contributed by atoms with van der Waals surface area (Å²) in [6.45, 7) is 7.94. The van der Waals surface area contributed by atoms with Crippen LogP contribution in [0.15, 0.2) is 36.5 Å². The number of nitrogens with zero attached hydrogens (tertiary/aromatic N) is 4. The number of benzene rings is 1. The Bertz CT molecular complexity index is 1230. The number of aromatic amines is 1. The quantitative estimate of drug-likeness (QED) is 0.516. The highest BCUT2D eigenvalue weighted by Crippen LogP contribution is 2.23. The standard InChI is InChI=1S/C29H40N6O2/c1-20(2)16-23-18-27(33(3)32-23)29(37)31-22-8-12-34(13-9-22)24-10-14-35(15-11-24)28(36)17-21-19-30-26-7-5-4-6-25(21)26/h4-7,18-20,22,24,30H,8-17H2,1-3H3,(H,31,37). The molecule has 2 N–H and O–H groups in total. The van der Waals surface area contributed by atoms with E-state index in [4.69, 9.17) is 0 Å². The third-order valence-corrected chi connectivity index (χ3v) is 8.00. The van der Waals surface area contributed by atoms with Crippen LogP contribution in [0, 0.1) is 5.92 Å². The van der Waals surface area contributed by atoms with Gasteiger partial charge in [0.25, 0.3) is 5.91 Å². The molecule has 5 rings (SSSR count). The number of carbonyl (C=O) groups excluding carboxylic acids is 2. The number of amides is 2. The summed E-state index contributed by atoms with van der Waals surface area (Å²) in [5.74, 6) is 0.710. The molecule has 2 aliphatic heterocycles. The van der Waals surface area contributed by atoms with Gasteiger partial charge in [-0.25, -0.2) is 0 Å². The van der Waals surface area contributed by atoms with Crippen LogP contribution in [-0.2, 0) is 24.7 Å². The van der Waals surface area contributed by atoms with E-state index in [1.54, 1.807) is 4.68 Å². The maximum Gasteiger partial charge on any atom is 0.269 e. The van der Waals surface area contributed by atoms with Crippen molar-refractivity contribution < 1.29 is 9.59 Å². The predicted molar refractivity (Wildman–Crippen MR) is 145 cm³/mol. The van der Waals surface area contributed by atoms with Crippen LogP contribution < -0.4 is 5.32 Å². The van der Waals surface area contributed by atoms with Crippen molar-refractivity contribution in [2.24, 2.45) is 13.0 Å². The minimum absolute atomic E-state index is 0.0227. The number of rotatable bonds is 7. The summed E-state index contributed by atoms with van der Waals surface area (Å²) in [5.41, 5.74) is 3.78. The van der Waals surface area contributed by atoms with E-state index in [2.05, 4.69) is 40.2 Å². The molecular weight excluding hydrogens is 464 g/mol. The lowest BCUT2D eigenvalue weighted by Crippen LogP contribution is -2.52. The van der Waals surface area contributed by atoms with Crippen LogP contribution in [0.5, 0.6) is 0 Å². The minimum atomic E-state index is -0.0227. The van der Waals surface area contributed by atoms with Crippen molar-refractivity contribution in [3.63, 3.8) is 0 Å². The van der Waals surface area contributed by atoms with Crippen molar-refractivity contribution in [3.8, 4) is 0 Å². The number of fused-ring (bicyclic) bond motifs is 1. The molecule has 0 aliphatic carbocycles. The van der Waals surface area contributed by atoms with E-state index in [1.807, 2.05) is 42.4 Å². The molecule has 0 spiro atoms. The van der Waals surface area contributed by atoms with Gasteiger partial charge < -0.3 is 20.1 Å². The third-order valence-electron chi connectivity index (χ3n) is 8.00. The number of para-hydroxylation sites is 1. The van der Waals surface area contributed by atoms with Gasteiger partial charge in [-0.15, -0.1) is 0 Å². The number of carbonyl (C=O) groups is 2. The Kier molecular flexibility index (Phi) is 7.65. The van der Waals surface area contributed by atoms with E-state index < -0.39 is 0 Å². The van der Waals surface area contributed by atoms with Crippen LogP contribution in [0.1, 0.15) is 61.3 Å². The third kappa shape index (κ3) is 5.90. The average Bonchev–Trinajstić information content (AvgIpc) is 3.47. The SMILES string of the molecule is CC(C)Cc1cc(C(=O)NC2CCN(C3CCN(C(=O)Cc4c[nH]c5ccccc45)CC3)CC2)n(C)n1. The first-order chi connectivity index (χ1) is 17.9. The Morgan fingerprint density at radius 3 is 2.54 bits per heavy atom. The van der Waals surface area contributed by atoms with E-state index in [0.717, 1.165) is 80.4 Å². The zero-order valence-corrected chi connectivity index (χ0v) is 22.4. The van der Waals surface area contributed by atoms with Gasteiger partial charge in [0.15, 0.2) is 0 Å². The van der Waals surface area contributed by atoms with Gasteiger partial charge in [-0.05, 0) is 55.7 Å². The van der Waals surface area contributed by atoms with Crippen LogP contribution in [0.3, 0.4) is 0 Å². The largest absolute Gasteiger partial charge is 0.361 e. The lowest BCUT2D eigenvalue weighted by atomic mass is 9.97. The minimum Gasteiger partial charge on any atom is -0.361 e. The number of nitrogens with one attached hydrogen (secondary N) is 2. The number of hydrogen-bond donors (Lipinski definition) is 2. The number of H-pyrrole nitrogens is 1. The van der Waals surface area contributed by atoms with Gasteiger partial charge in [0, 0.05) is 62.4 Å². The van der Waals surface area contributed by atoms with Crippen molar-refractivity contribution in [2.75, 3.05) is 26.2 Å². The summed E-state index contributed by atoms with van der Waals surface area (Å²) in [6, 6.07) is 10.8. The molecule has 0 saturated carbocycles. The fourth-order valence-electron chi connectivity index (χ4n) is 5.96. The molecule has 3 aromatic rings. The normalized spacial score (nSPS) is 18.1. The van der Waals surface area contributed by atoms with E-state index >= 15 is 0 Å². The van der Waals surface area contributed by atoms with Crippen molar-refractivity contribution in [1.82, 2.24) is 29.9 Å². The molecule has 2 aliphatic rings. The summed E-state index contributed by atoms with van der Waals surface area (Å²) in [5, 5.41) is 8.89. The zero-order valence-electron chi connectivity index (χ0n) is 22.4. The molecule has 4 heterocycles. The maximum absolute atomic E-state index is 13.0.